The van der Waals surface area contributed by atoms with Gasteiger partial charge >= 0.3 is 0 Å². The number of benzene rings is 1. The standard InChI is InChI=1S/C13H18ClFN2O2S/c1-9-6-13(11(14)7-12(9)15)20(18,19)17-5-3-4-10(17)8-16-2/h6-7,10,16H,3-5,8H2,1-2H3/t10-/m1/s1. The monoisotopic (exact) mass is 320 g/mol. The van der Waals surface area contributed by atoms with Gasteiger partial charge in [-0.15, -0.1) is 0 Å². The minimum atomic E-state index is -3.69. The second-order valence-corrected chi connectivity index (χ2v) is 7.27. The normalized spacial score (nSPS) is 20.5. The van der Waals surface area contributed by atoms with Gasteiger partial charge in [-0.2, -0.15) is 4.31 Å². The summed E-state index contributed by atoms with van der Waals surface area (Å²) in [6.07, 6.45) is 1.64. The summed E-state index contributed by atoms with van der Waals surface area (Å²) in [5.41, 5.74) is 0.275. The Bertz CT molecular complexity index is 607. The molecule has 0 aliphatic carbocycles. The average Bonchev–Trinajstić information content (AvgIpc) is 2.83. The lowest BCUT2D eigenvalue weighted by Gasteiger charge is -2.24. The lowest BCUT2D eigenvalue weighted by molar-refractivity contribution is 0.379. The minimum absolute atomic E-state index is 0.0129. The van der Waals surface area contributed by atoms with Crippen LogP contribution >= 0.6 is 11.6 Å². The van der Waals surface area contributed by atoms with Gasteiger partial charge in [0.25, 0.3) is 0 Å². The second-order valence-electron chi connectivity index (χ2n) is 5.00. The van der Waals surface area contributed by atoms with Crippen molar-refractivity contribution in [2.45, 2.75) is 30.7 Å². The van der Waals surface area contributed by atoms with Gasteiger partial charge in [0.05, 0.1) is 5.02 Å². The van der Waals surface area contributed by atoms with Crippen LogP contribution in [-0.4, -0.2) is 38.9 Å². The number of nitrogens with one attached hydrogen (secondary N) is 1. The van der Waals surface area contributed by atoms with Crippen molar-refractivity contribution in [1.29, 1.82) is 0 Å². The van der Waals surface area contributed by atoms with Crippen molar-refractivity contribution in [2.75, 3.05) is 20.1 Å². The molecule has 1 heterocycles. The third-order valence-electron chi connectivity index (χ3n) is 3.56. The molecule has 1 aliphatic rings. The van der Waals surface area contributed by atoms with Crippen molar-refractivity contribution in [3.63, 3.8) is 0 Å². The van der Waals surface area contributed by atoms with Crippen LogP contribution in [0, 0.1) is 12.7 Å². The van der Waals surface area contributed by atoms with Gasteiger partial charge < -0.3 is 5.32 Å². The van der Waals surface area contributed by atoms with Gasteiger partial charge in [0.15, 0.2) is 0 Å². The number of halogens is 2. The molecule has 20 heavy (non-hydrogen) atoms. The van der Waals surface area contributed by atoms with Gasteiger partial charge in [-0.3, -0.25) is 0 Å². The molecular weight excluding hydrogens is 303 g/mol. The smallest absolute Gasteiger partial charge is 0.244 e. The highest BCUT2D eigenvalue weighted by Crippen LogP contribution is 2.31. The largest absolute Gasteiger partial charge is 0.318 e. The van der Waals surface area contributed by atoms with Gasteiger partial charge in [-0.1, -0.05) is 11.6 Å². The maximum Gasteiger partial charge on any atom is 0.244 e. The van der Waals surface area contributed by atoms with E-state index in [1.54, 1.807) is 7.05 Å². The average molecular weight is 321 g/mol. The number of likely N-dealkylation sites (N-methyl/N-ethyl adjacent to an activating group) is 1. The summed E-state index contributed by atoms with van der Waals surface area (Å²) in [6, 6.07) is 2.29. The first-order valence-electron chi connectivity index (χ1n) is 6.50. The van der Waals surface area contributed by atoms with Crippen LogP contribution in [0.4, 0.5) is 4.39 Å². The molecule has 0 spiro atoms. The lowest BCUT2D eigenvalue weighted by atomic mass is 10.2. The maximum absolute atomic E-state index is 13.4. The molecule has 4 nitrogen and oxygen atoms in total. The first-order valence-corrected chi connectivity index (χ1v) is 8.32. The highest BCUT2D eigenvalue weighted by atomic mass is 35.5. The molecule has 0 unspecified atom stereocenters. The molecule has 0 amide bonds. The molecule has 0 bridgehead atoms. The van der Waals surface area contributed by atoms with E-state index in [4.69, 9.17) is 11.6 Å². The van der Waals surface area contributed by atoms with Crippen molar-refractivity contribution < 1.29 is 12.8 Å². The molecule has 0 radical (unpaired) electrons. The van der Waals surface area contributed by atoms with Crippen LogP contribution in [0.1, 0.15) is 18.4 Å². The predicted molar refractivity (Wildman–Crippen MR) is 77.0 cm³/mol. The van der Waals surface area contributed by atoms with Crippen molar-refractivity contribution in [1.82, 2.24) is 9.62 Å². The van der Waals surface area contributed by atoms with E-state index in [0.29, 0.717) is 13.1 Å². The Morgan fingerprint density at radius 1 is 1.50 bits per heavy atom. The Labute approximate surface area is 124 Å². The number of nitrogens with zero attached hydrogens (tertiary/aromatic N) is 1. The van der Waals surface area contributed by atoms with Crippen LogP contribution in [0.2, 0.25) is 5.02 Å². The molecule has 0 aromatic heterocycles. The zero-order valence-corrected chi connectivity index (χ0v) is 13.1. The Morgan fingerprint density at radius 3 is 2.85 bits per heavy atom. The number of sulfonamides is 1. The maximum atomic E-state index is 13.4. The molecule has 0 saturated carbocycles. The van der Waals surface area contributed by atoms with Crippen LogP contribution in [0.3, 0.4) is 0 Å². The lowest BCUT2D eigenvalue weighted by Crippen LogP contribution is -2.40. The molecule has 7 heteroatoms. The Morgan fingerprint density at radius 2 is 2.20 bits per heavy atom. The van der Waals surface area contributed by atoms with E-state index >= 15 is 0 Å². The van der Waals surface area contributed by atoms with Gasteiger partial charge in [0.1, 0.15) is 10.7 Å². The Balaban J connectivity index is 2.42. The zero-order chi connectivity index (χ0) is 14.9. The van der Waals surface area contributed by atoms with E-state index in [2.05, 4.69) is 5.32 Å². The fourth-order valence-electron chi connectivity index (χ4n) is 2.52. The molecule has 1 N–H and O–H groups in total. The van der Waals surface area contributed by atoms with E-state index in [1.165, 1.54) is 17.3 Å². The summed E-state index contributed by atoms with van der Waals surface area (Å²) in [6.45, 7) is 2.60. The molecule has 1 atom stereocenters. The summed E-state index contributed by atoms with van der Waals surface area (Å²) >= 11 is 5.93. The second kappa shape index (κ2) is 5.97. The Hall–Kier alpha value is -0.690. The fourth-order valence-corrected chi connectivity index (χ4v) is 4.79. The molecule has 1 aromatic rings. The molecular formula is C13H18ClFN2O2S. The van der Waals surface area contributed by atoms with Crippen molar-refractivity contribution in [3.05, 3.63) is 28.5 Å². The first-order chi connectivity index (χ1) is 9.37. The summed E-state index contributed by atoms with van der Waals surface area (Å²) in [5, 5.41) is 2.93. The van der Waals surface area contributed by atoms with E-state index in [0.717, 1.165) is 18.9 Å². The summed E-state index contributed by atoms with van der Waals surface area (Å²) < 4.78 is 40.3. The first kappa shape index (κ1) is 15.7. The SMILES string of the molecule is CNC[C@H]1CCCN1S(=O)(=O)c1cc(C)c(F)cc1Cl. The molecule has 2 rings (SSSR count). The fraction of sp³-hybridized carbons (Fsp3) is 0.538. The third kappa shape index (κ3) is 2.83. The van der Waals surface area contributed by atoms with Gasteiger partial charge in [-0.25, -0.2) is 12.8 Å². The van der Waals surface area contributed by atoms with Crippen molar-refractivity contribution in [2.24, 2.45) is 0 Å². The van der Waals surface area contributed by atoms with E-state index in [9.17, 15) is 12.8 Å². The topological polar surface area (TPSA) is 49.4 Å². The number of hydrogen-bond donors (Lipinski definition) is 1. The minimum Gasteiger partial charge on any atom is -0.318 e. The summed E-state index contributed by atoms with van der Waals surface area (Å²) in [7, 11) is -1.90. The Kier molecular flexibility index (Phi) is 4.69. The van der Waals surface area contributed by atoms with Gasteiger partial charge in [0, 0.05) is 19.1 Å². The van der Waals surface area contributed by atoms with E-state index < -0.39 is 15.8 Å². The summed E-state index contributed by atoms with van der Waals surface area (Å²) in [5.74, 6) is -0.498. The van der Waals surface area contributed by atoms with Crippen molar-refractivity contribution >= 4 is 21.6 Å². The zero-order valence-electron chi connectivity index (χ0n) is 11.5. The molecule has 112 valence electrons. The number of rotatable bonds is 4. The van der Waals surface area contributed by atoms with Crippen LogP contribution in [0.25, 0.3) is 0 Å². The molecule has 1 fully saturated rings. The van der Waals surface area contributed by atoms with Crippen LogP contribution in [-0.2, 0) is 10.0 Å². The van der Waals surface area contributed by atoms with Gasteiger partial charge in [-0.05, 0) is 44.5 Å². The highest BCUT2D eigenvalue weighted by molar-refractivity contribution is 7.89. The van der Waals surface area contributed by atoms with Crippen LogP contribution in [0.15, 0.2) is 17.0 Å². The van der Waals surface area contributed by atoms with Crippen LogP contribution in [0.5, 0.6) is 0 Å². The number of hydrogen-bond acceptors (Lipinski definition) is 3. The molecule has 1 saturated heterocycles. The van der Waals surface area contributed by atoms with Gasteiger partial charge in [0.2, 0.25) is 10.0 Å². The molecule has 1 aromatic carbocycles. The van der Waals surface area contributed by atoms with Crippen LogP contribution < -0.4 is 5.32 Å². The number of aryl methyl sites for hydroxylation is 1. The highest BCUT2D eigenvalue weighted by Gasteiger charge is 2.36. The third-order valence-corrected chi connectivity index (χ3v) is 5.98. The van der Waals surface area contributed by atoms with E-state index in [1.807, 2.05) is 0 Å². The van der Waals surface area contributed by atoms with Crippen molar-refractivity contribution in [3.8, 4) is 0 Å². The van der Waals surface area contributed by atoms with E-state index in [-0.39, 0.29) is 21.5 Å². The summed E-state index contributed by atoms with van der Waals surface area (Å²) in [4.78, 5) is -0.0129. The molecule has 1 aliphatic heterocycles. The quantitative estimate of drug-likeness (QED) is 0.925. The predicted octanol–water partition coefficient (Wildman–Crippen LogP) is 2.16.